The number of nitrogens with zero attached hydrogens (tertiary/aromatic N) is 4. The fraction of sp³-hybridized carbons (Fsp3) is 0.0952. The SMILES string of the molecule is COc1ccccc1OC/C(N=Cc1ccncc1)=N/NC(=O)c1ccncc1. The first-order valence-corrected chi connectivity index (χ1v) is 8.73. The van der Waals surface area contributed by atoms with E-state index in [0.29, 0.717) is 17.1 Å². The molecule has 0 aliphatic carbocycles. The Kier molecular flexibility index (Phi) is 7.00. The maximum absolute atomic E-state index is 12.2. The third-order valence-electron chi connectivity index (χ3n) is 3.72. The molecule has 3 aromatic rings. The van der Waals surface area contributed by atoms with Crippen LogP contribution < -0.4 is 14.9 Å². The summed E-state index contributed by atoms with van der Waals surface area (Å²) in [5.41, 5.74) is 3.76. The number of carbonyl (C=O) groups is 1. The molecule has 0 fully saturated rings. The molecule has 0 unspecified atom stereocenters. The van der Waals surface area contributed by atoms with Crippen molar-refractivity contribution >= 4 is 18.0 Å². The zero-order chi connectivity index (χ0) is 20.3. The number of para-hydroxylation sites is 2. The number of hydrogen-bond donors (Lipinski definition) is 1. The molecule has 0 saturated carbocycles. The van der Waals surface area contributed by atoms with Crippen LogP contribution in [0.3, 0.4) is 0 Å². The molecule has 146 valence electrons. The first-order chi connectivity index (χ1) is 14.3. The largest absolute Gasteiger partial charge is 0.493 e. The van der Waals surface area contributed by atoms with E-state index < -0.39 is 0 Å². The minimum Gasteiger partial charge on any atom is -0.493 e. The lowest BCUT2D eigenvalue weighted by molar-refractivity contribution is 0.0954. The van der Waals surface area contributed by atoms with E-state index in [-0.39, 0.29) is 18.3 Å². The molecule has 0 aliphatic heterocycles. The highest BCUT2D eigenvalue weighted by Gasteiger charge is 2.07. The number of aliphatic imine (C=N–C) groups is 1. The van der Waals surface area contributed by atoms with Gasteiger partial charge in [-0.1, -0.05) is 12.1 Å². The summed E-state index contributed by atoms with van der Waals surface area (Å²) in [4.78, 5) is 24.4. The van der Waals surface area contributed by atoms with Crippen LogP contribution in [-0.2, 0) is 0 Å². The molecule has 8 heteroatoms. The van der Waals surface area contributed by atoms with Crippen LogP contribution in [0.2, 0.25) is 0 Å². The van der Waals surface area contributed by atoms with Crippen LogP contribution in [0.25, 0.3) is 0 Å². The number of amides is 1. The first kappa shape index (κ1) is 19.7. The monoisotopic (exact) mass is 389 g/mol. The highest BCUT2D eigenvalue weighted by atomic mass is 16.5. The average Bonchev–Trinajstić information content (AvgIpc) is 2.79. The maximum atomic E-state index is 12.2. The zero-order valence-corrected chi connectivity index (χ0v) is 15.7. The normalized spacial score (nSPS) is 11.3. The van der Waals surface area contributed by atoms with Crippen molar-refractivity contribution in [1.82, 2.24) is 15.4 Å². The van der Waals surface area contributed by atoms with Crippen molar-refractivity contribution < 1.29 is 14.3 Å². The fourth-order valence-corrected chi connectivity index (χ4v) is 2.26. The van der Waals surface area contributed by atoms with Gasteiger partial charge in [-0.25, -0.2) is 10.4 Å². The van der Waals surface area contributed by atoms with E-state index in [2.05, 4.69) is 25.5 Å². The Morgan fingerprint density at radius 3 is 2.34 bits per heavy atom. The topological polar surface area (TPSA) is 98.1 Å². The summed E-state index contributed by atoms with van der Waals surface area (Å²) < 4.78 is 11.1. The van der Waals surface area contributed by atoms with Crippen molar-refractivity contribution in [2.75, 3.05) is 13.7 Å². The van der Waals surface area contributed by atoms with Crippen LogP contribution in [0.1, 0.15) is 15.9 Å². The van der Waals surface area contributed by atoms with Gasteiger partial charge in [-0.3, -0.25) is 14.8 Å². The molecule has 3 rings (SSSR count). The molecule has 1 N–H and O–H groups in total. The molecular weight excluding hydrogens is 370 g/mol. The lowest BCUT2D eigenvalue weighted by Gasteiger charge is -2.10. The molecule has 1 amide bonds. The number of methoxy groups -OCH3 is 1. The standard InChI is InChI=1S/C21H19N5O3/c1-28-18-4-2-3-5-19(18)29-15-20(24-14-16-6-10-22-11-7-16)25-26-21(27)17-8-12-23-13-9-17/h2-14H,15H2,1H3,(H,26,27)/b24-14?,25-20-. The first-order valence-electron chi connectivity index (χ1n) is 8.73. The van der Waals surface area contributed by atoms with Gasteiger partial charge in [0.2, 0.25) is 0 Å². The van der Waals surface area contributed by atoms with Crippen molar-refractivity contribution in [1.29, 1.82) is 0 Å². The van der Waals surface area contributed by atoms with E-state index in [0.717, 1.165) is 5.56 Å². The number of hydrogen-bond acceptors (Lipinski definition) is 6. The van der Waals surface area contributed by atoms with Gasteiger partial charge in [-0.05, 0) is 42.0 Å². The van der Waals surface area contributed by atoms with Crippen molar-refractivity contribution in [2.24, 2.45) is 10.1 Å². The number of amidine groups is 1. The fourth-order valence-electron chi connectivity index (χ4n) is 2.26. The van der Waals surface area contributed by atoms with Crippen LogP contribution in [-0.4, -0.2) is 41.6 Å². The Balaban J connectivity index is 1.75. The third-order valence-corrected chi connectivity index (χ3v) is 3.72. The zero-order valence-electron chi connectivity index (χ0n) is 15.7. The molecule has 0 bridgehead atoms. The van der Waals surface area contributed by atoms with E-state index in [1.165, 1.54) is 12.4 Å². The molecule has 29 heavy (non-hydrogen) atoms. The van der Waals surface area contributed by atoms with Crippen molar-refractivity contribution in [2.45, 2.75) is 0 Å². The Morgan fingerprint density at radius 1 is 1.00 bits per heavy atom. The number of pyridine rings is 2. The molecule has 0 radical (unpaired) electrons. The van der Waals surface area contributed by atoms with Gasteiger partial charge in [0, 0.05) is 36.6 Å². The molecule has 2 aromatic heterocycles. The Hall–Kier alpha value is -4.07. The van der Waals surface area contributed by atoms with Gasteiger partial charge in [0.15, 0.2) is 17.3 Å². The smallest absolute Gasteiger partial charge is 0.271 e. The van der Waals surface area contributed by atoms with E-state index in [9.17, 15) is 4.79 Å². The molecule has 1 aromatic carbocycles. The number of rotatable bonds is 7. The van der Waals surface area contributed by atoms with Gasteiger partial charge < -0.3 is 9.47 Å². The predicted octanol–water partition coefficient (Wildman–Crippen LogP) is 2.73. The second kappa shape index (κ2) is 10.3. The highest BCUT2D eigenvalue weighted by molar-refractivity contribution is 5.98. The summed E-state index contributed by atoms with van der Waals surface area (Å²) in [6.07, 6.45) is 8.01. The van der Waals surface area contributed by atoms with Crippen LogP contribution in [0, 0.1) is 0 Å². The third kappa shape index (κ3) is 5.96. The highest BCUT2D eigenvalue weighted by Crippen LogP contribution is 2.25. The minimum atomic E-state index is -0.374. The summed E-state index contributed by atoms with van der Waals surface area (Å²) >= 11 is 0. The summed E-state index contributed by atoms with van der Waals surface area (Å²) in [6.45, 7) is 0.0264. The van der Waals surface area contributed by atoms with Gasteiger partial charge in [-0.2, -0.15) is 5.10 Å². The van der Waals surface area contributed by atoms with Crippen LogP contribution in [0.4, 0.5) is 0 Å². The molecule has 8 nitrogen and oxygen atoms in total. The van der Waals surface area contributed by atoms with Crippen molar-refractivity contribution in [3.63, 3.8) is 0 Å². The average molecular weight is 389 g/mol. The Morgan fingerprint density at radius 2 is 1.66 bits per heavy atom. The molecule has 0 atom stereocenters. The van der Waals surface area contributed by atoms with E-state index in [4.69, 9.17) is 9.47 Å². The Bertz CT molecular complexity index is 991. The number of aromatic nitrogens is 2. The second-order valence-electron chi connectivity index (χ2n) is 5.68. The van der Waals surface area contributed by atoms with Gasteiger partial charge in [0.05, 0.1) is 7.11 Å². The number of ether oxygens (including phenoxy) is 2. The molecule has 0 aliphatic rings. The van der Waals surface area contributed by atoms with Gasteiger partial charge in [0.1, 0.15) is 6.61 Å². The minimum absolute atomic E-state index is 0.0264. The van der Waals surface area contributed by atoms with Gasteiger partial charge >= 0.3 is 0 Å². The number of nitrogens with one attached hydrogen (secondary N) is 1. The molecule has 0 saturated heterocycles. The van der Waals surface area contributed by atoms with E-state index in [1.54, 1.807) is 62.1 Å². The van der Waals surface area contributed by atoms with E-state index in [1.807, 2.05) is 12.1 Å². The number of benzene rings is 1. The van der Waals surface area contributed by atoms with Crippen LogP contribution in [0.15, 0.2) is 83.4 Å². The van der Waals surface area contributed by atoms with E-state index >= 15 is 0 Å². The maximum Gasteiger partial charge on any atom is 0.271 e. The predicted molar refractivity (Wildman–Crippen MR) is 109 cm³/mol. The summed E-state index contributed by atoms with van der Waals surface area (Å²) in [7, 11) is 1.56. The number of carbonyl (C=O) groups excluding carboxylic acids is 1. The molecular formula is C21H19N5O3. The molecule has 2 heterocycles. The van der Waals surface area contributed by atoms with Crippen molar-refractivity contribution in [3.05, 3.63) is 84.4 Å². The Labute approximate surface area is 168 Å². The summed E-state index contributed by atoms with van der Waals surface area (Å²) in [5.74, 6) is 1.03. The van der Waals surface area contributed by atoms with Crippen molar-refractivity contribution in [3.8, 4) is 11.5 Å². The lowest BCUT2D eigenvalue weighted by atomic mass is 10.3. The van der Waals surface area contributed by atoms with Crippen LogP contribution in [0.5, 0.6) is 11.5 Å². The van der Waals surface area contributed by atoms with Gasteiger partial charge in [0.25, 0.3) is 5.91 Å². The summed E-state index contributed by atoms with van der Waals surface area (Å²) in [5, 5.41) is 4.10. The van der Waals surface area contributed by atoms with Gasteiger partial charge in [-0.15, -0.1) is 0 Å². The number of hydrazone groups is 1. The van der Waals surface area contributed by atoms with Crippen LogP contribution >= 0.6 is 0 Å². The lowest BCUT2D eigenvalue weighted by Crippen LogP contribution is -2.21. The molecule has 0 spiro atoms. The summed E-state index contributed by atoms with van der Waals surface area (Å²) in [6, 6.07) is 14.0. The second-order valence-corrected chi connectivity index (χ2v) is 5.68. The quantitative estimate of drug-likeness (QED) is 0.381.